The Labute approximate surface area is 179 Å². The molecule has 0 radical (unpaired) electrons. The summed E-state index contributed by atoms with van der Waals surface area (Å²) in [7, 11) is 0. The molecule has 0 aliphatic carbocycles. The van der Waals surface area contributed by atoms with Crippen molar-refractivity contribution < 1.29 is 24.2 Å². The van der Waals surface area contributed by atoms with Gasteiger partial charge in [0.15, 0.2) is 0 Å². The third-order valence-electron chi connectivity index (χ3n) is 4.21. The lowest BCUT2D eigenvalue weighted by Crippen LogP contribution is -2.14. The van der Waals surface area contributed by atoms with Crippen LogP contribution in [0.25, 0.3) is 11.1 Å². The lowest BCUT2D eigenvalue weighted by atomic mass is 10.0. The van der Waals surface area contributed by atoms with Gasteiger partial charge in [0, 0.05) is 40.8 Å². The Kier molecular flexibility index (Phi) is 6.36. The number of nitro groups is 2. The van der Waals surface area contributed by atoms with Gasteiger partial charge in [-0.15, -0.1) is 11.3 Å². The largest absolute Gasteiger partial charge is 0.462 e. The Morgan fingerprint density at radius 1 is 1.03 bits per heavy atom. The molecule has 0 atom stereocenters. The summed E-state index contributed by atoms with van der Waals surface area (Å²) in [6, 6.07) is 10.8. The van der Waals surface area contributed by atoms with Crippen molar-refractivity contribution in [2.75, 3.05) is 11.9 Å². The number of nitrogens with one attached hydrogen (secondary N) is 1. The molecule has 0 saturated carbocycles. The van der Waals surface area contributed by atoms with Gasteiger partial charge in [-0.25, -0.2) is 4.79 Å². The van der Waals surface area contributed by atoms with Gasteiger partial charge in [0.1, 0.15) is 10.6 Å². The maximum Gasteiger partial charge on any atom is 0.341 e. The summed E-state index contributed by atoms with van der Waals surface area (Å²) in [6.07, 6.45) is 0. The summed E-state index contributed by atoms with van der Waals surface area (Å²) >= 11 is 1.06. The normalized spacial score (nSPS) is 10.4. The fourth-order valence-corrected chi connectivity index (χ4v) is 3.72. The number of carbonyl (C=O) groups excluding carboxylic acids is 2. The molecular weight excluding hydrogens is 426 g/mol. The number of ether oxygens (including phenoxy) is 1. The number of hydrogen-bond acceptors (Lipinski definition) is 8. The van der Waals surface area contributed by atoms with Crippen LogP contribution in [0.2, 0.25) is 0 Å². The number of rotatable bonds is 7. The second kappa shape index (κ2) is 9.13. The standard InChI is InChI=1S/C20H15N3O7S/c1-2-30-20(25)17-16(13-4-3-5-15(10-13)23(28)29)11-31-19(17)21-18(24)12-6-8-14(9-7-12)22(26)27/h3-11H,2H2,1H3,(H,21,24). The van der Waals surface area contributed by atoms with Crippen LogP contribution in [-0.2, 0) is 4.74 Å². The molecule has 1 N–H and O–H groups in total. The van der Waals surface area contributed by atoms with Crippen molar-refractivity contribution in [1.29, 1.82) is 0 Å². The molecule has 0 fully saturated rings. The van der Waals surface area contributed by atoms with Gasteiger partial charge in [-0.1, -0.05) is 12.1 Å². The molecule has 1 amide bonds. The van der Waals surface area contributed by atoms with Crippen LogP contribution in [0.15, 0.2) is 53.9 Å². The predicted octanol–water partition coefficient (Wildman–Crippen LogP) is 4.66. The van der Waals surface area contributed by atoms with Crippen molar-refractivity contribution in [1.82, 2.24) is 0 Å². The number of non-ortho nitro benzene ring substituents is 2. The molecule has 2 aromatic carbocycles. The first-order valence-corrected chi connectivity index (χ1v) is 9.79. The second-order valence-electron chi connectivity index (χ2n) is 6.14. The van der Waals surface area contributed by atoms with E-state index in [-0.39, 0.29) is 34.1 Å². The Balaban J connectivity index is 1.98. The molecule has 0 aliphatic rings. The fraction of sp³-hybridized carbons (Fsp3) is 0.100. The number of amides is 1. The third kappa shape index (κ3) is 4.73. The molecule has 0 unspecified atom stereocenters. The summed E-state index contributed by atoms with van der Waals surface area (Å²) in [5.74, 6) is -1.27. The number of nitro benzene ring substituents is 2. The van der Waals surface area contributed by atoms with E-state index in [1.807, 2.05) is 0 Å². The van der Waals surface area contributed by atoms with Crippen LogP contribution in [-0.4, -0.2) is 28.3 Å². The molecule has 10 nitrogen and oxygen atoms in total. The first-order valence-electron chi connectivity index (χ1n) is 8.91. The SMILES string of the molecule is CCOC(=O)c1c(-c2cccc([N+](=O)[O-])c2)csc1NC(=O)c1ccc([N+](=O)[O-])cc1. The molecule has 0 spiro atoms. The van der Waals surface area contributed by atoms with Crippen LogP contribution in [0.5, 0.6) is 0 Å². The van der Waals surface area contributed by atoms with Crippen molar-refractivity contribution in [2.24, 2.45) is 0 Å². The lowest BCUT2D eigenvalue weighted by molar-refractivity contribution is -0.385. The fourth-order valence-electron chi connectivity index (χ4n) is 2.77. The summed E-state index contributed by atoms with van der Waals surface area (Å²) in [6.45, 7) is 1.73. The number of esters is 1. The van der Waals surface area contributed by atoms with Crippen LogP contribution >= 0.6 is 11.3 Å². The zero-order valence-corrected chi connectivity index (χ0v) is 16.9. The highest BCUT2D eigenvalue weighted by molar-refractivity contribution is 7.15. The van der Waals surface area contributed by atoms with E-state index in [1.165, 1.54) is 42.5 Å². The van der Waals surface area contributed by atoms with Crippen LogP contribution in [0.4, 0.5) is 16.4 Å². The monoisotopic (exact) mass is 441 g/mol. The van der Waals surface area contributed by atoms with E-state index in [1.54, 1.807) is 18.4 Å². The quantitative estimate of drug-likeness (QED) is 0.319. The van der Waals surface area contributed by atoms with Gasteiger partial charge in [0.05, 0.1) is 16.5 Å². The molecule has 1 aromatic heterocycles. The van der Waals surface area contributed by atoms with Crippen LogP contribution < -0.4 is 5.32 Å². The number of nitrogens with zero attached hydrogens (tertiary/aromatic N) is 2. The Bertz CT molecular complexity index is 1170. The number of carbonyl (C=O) groups is 2. The molecule has 31 heavy (non-hydrogen) atoms. The average Bonchev–Trinajstić information content (AvgIpc) is 3.17. The first-order chi connectivity index (χ1) is 14.8. The van der Waals surface area contributed by atoms with Crippen LogP contribution in [0, 0.1) is 20.2 Å². The van der Waals surface area contributed by atoms with Gasteiger partial charge >= 0.3 is 5.97 Å². The van der Waals surface area contributed by atoms with Gasteiger partial charge in [-0.3, -0.25) is 25.0 Å². The van der Waals surface area contributed by atoms with Crippen molar-refractivity contribution in [3.63, 3.8) is 0 Å². The Hall–Kier alpha value is -4.12. The molecule has 158 valence electrons. The van der Waals surface area contributed by atoms with Gasteiger partial charge < -0.3 is 10.1 Å². The molecule has 3 aromatic rings. The molecule has 3 rings (SSSR count). The van der Waals surface area contributed by atoms with Gasteiger partial charge in [-0.2, -0.15) is 0 Å². The smallest absolute Gasteiger partial charge is 0.341 e. The molecule has 0 bridgehead atoms. The molecule has 0 saturated heterocycles. The lowest BCUT2D eigenvalue weighted by Gasteiger charge is -2.09. The molecule has 1 heterocycles. The van der Waals surface area contributed by atoms with Crippen molar-refractivity contribution in [3.05, 3.63) is 85.3 Å². The van der Waals surface area contributed by atoms with E-state index in [0.717, 1.165) is 11.3 Å². The maximum absolute atomic E-state index is 12.6. The minimum atomic E-state index is -0.691. The topological polar surface area (TPSA) is 142 Å². The van der Waals surface area contributed by atoms with Gasteiger partial charge in [0.2, 0.25) is 0 Å². The van der Waals surface area contributed by atoms with E-state index >= 15 is 0 Å². The number of thiophene rings is 1. The van der Waals surface area contributed by atoms with Crippen molar-refractivity contribution in [3.8, 4) is 11.1 Å². The molecular formula is C20H15N3O7S. The van der Waals surface area contributed by atoms with E-state index < -0.39 is 21.7 Å². The van der Waals surface area contributed by atoms with E-state index in [9.17, 15) is 29.8 Å². The van der Waals surface area contributed by atoms with Gasteiger partial charge in [0.25, 0.3) is 17.3 Å². The van der Waals surface area contributed by atoms with Crippen LogP contribution in [0.1, 0.15) is 27.6 Å². The van der Waals surface area contributed by atoms with Crippen molar-refractivity contribution >= 4 is 39.6 Å². The molecule has 11 heteroatoms. The van der Waals surface area contributed by atoms with Gasteiger partial charge in [-0.05, 0) is 24.6 Å². The zero-order valence-electron chi connectivity index (χ0n) is 16.1. The highest BCUT2D eigenvalue weighted by Gasteiger charge is 2.24. The summed E-state index contributed by atoms with van der Waals surface area (Å²) < 4.78 is 5.10. The summed E-state index contributed by atoms with van der Waals surface area (Å²) in [4.78, 5) is 45.9. The third-order valence-corrected chi connectivity index (χ3v) is 5.10. The molecule has 0 aliphatic heterocycles. The number of hydrogen-bond donors (Lipinski definition) is 1. The highest BCUT2D eigenvalue weighted by Crippen LogP contribution is 2.37. The van der Waals surface area contributed by atoms with Crippen LogP contribution in [0.3, 0.4) is 0 Å². The second-order valence-corrected chi connectivity index (χ2v) is 7.02. The van der Waals surface area contributed by atoms with E-state index in [0.29, 0.717) is 11.1 Å². The highest BCUT2D eigenvalue weighted by atomic mass is 32.1. The summed E-state index contributed by atoms with van der Waals surface area (Å²) in [5.41, 5.74) is 0.728. The Morgan fingerprint density at radius 3 is 2.32 bits per heavy atom. The predicted molar refractivity (Wildman–Crippen MR) is 113 cm³/mol. The zero-order chi connectivity index (χ0) is 22.5. The minimum Gasteiger partial charge on any atom is -0.462 e. The number of benzene rings is 2. The number of anilines is 1. The van der Waals surface area contributed by atoms with E-state index in [4.69, 9.17) is 4.74 Å². The summed E-state index contributed by atoms with van der Waals surface area (Å²) in [5, 5.41) is 26.3. The van der Waals surface area contributed by atoms with E-state index in [2.05, 4.69) is 5.32 Å². The maximum atomic E-state index is 12.6. The minimum absolute atomic E-state index is 0.0719. The average molecular weight is 441 g/mol. The van der Waals surface area contributed by atoms with Crippen molar-refractivity contribution in [2.45, 2.75) is 6.92 Å². The Morgan fingerprint density at radius 2 is 1.71 bits per heavy atom. The first kappa shape index (κ1) is 21.6.